The Morgan fingerprint density at radius 1 is 1.37 bits per heavy atom. The summed E-state index contributed by atoms with van der Waals surface area (Å²) in [4.78, 5) is 10.6. The zero-order valence-corrected chi connectivity index (χ0v) is 11.5. The molecule has 0 amide bonds. The van der Waals surface area contributed by atoms with Gasteiger partial charge in [-0.3, -0.25) is 10.1 Å². The van der Waals surface area contributed by atoms with Gasteiger partial charge < -0.3 is 14.8 Å². The van der Waals surface area contributed by atoms with E-state index >= 15 is 0 Å². The number of rotatable bonds is 8. The van der Waals surface area contributed by atoms with Gasteiger partial charge in [0.2, 0.25) is 0 Å². The Kier molecular flexibility index (Phi) is 6.08. The van der Waals surface area contributed by atoms with Crippen LogP contribution in [0.2, 0.25) is 0 Å². The van der Waals surface area contributed by atoms with Crippen molar-refractivity contribution in [2.45, 2.75) is 13.8 Å². The zero-order chi connectivity index (χ0) is 14.3. The van der Waals surface area contributed by atoms with Gasteiger partial charge >= 0.3 is 5.69 Å². The maximum absolute atomic E-state index is 11.0. The summed E-state index contributed by atoms with van der Waals surface area (Å²) in [6.45, 7) is 5.48. The fraction of sp³-hybridized carbons (Fsp3) is 0.538. The average molecular weight is 268 g/mol. The molecular formula is C13H20N2O4. The second-order valence-corrected chi connectivity index (χ2v) is 4.48. The SMILES string of the molecule is CNc1cccc(OCCOCC(C)C)c1[N+](=O)[O-]. The molecule has 0 aliphatic heterocycles. The van der Waals surface area contributed by atoms with E-state index in [-0.39, 0.29) is 11.4 Å². The Morgan fingerprint density at radius 3 is 2.68 bits per heavy atom. The van der Waals surface area contributed by atoms with Crippen molar-refractivity contribution in [2.75, 3.05) is 32.2 Å². The van der Waals surface area contributed by atoms with Gasteiger partial charge in [0.05, 0.1) is 11.5 Å². The summed E-state index contributed by atoms with van der Waals surface area (Å²) in [6.07, 6.45) is 0. The molecule has 0 aliphatic carbocycles. The number of ether oxygens (including phenoxy) is 2. The first kappa shape index (κ1) is 15.2. The Balaban J connectivity index is 2.60. The monoisotopic (exact) mass is 268 g/mol. The Morgan fingerprint density at radius 2 is 2.11 bits per heavy atom. The lowest BCUT2D eigenvalue weighted by molar-refractivity contribution is -0.385. The molecule has 0 atom stereocenters. The lowest BCUT2D eigenvalue weighted by Gasteiger charge is -2.10. The summed E-state index contributed by atoms with van der Waals surface area (Å²) in [5.74, 6) is 0.715. The minimum atomic E-state index is -0.448. The van der Waals surface area contributed by atoms with Crippen molar-refractivity contribution in [3.8, 4) is 5.75 Å². The molecule has 106 valence electrons. The highest BCUT2D eigenvalue weighted by molar-refractivity contribution is 5.68. The number of para-hydroxylation sites is 1. The van der Waals surface area contributed by atoms with Crippen LogP contribution < -0.4 is 10.1 Å². The molecule has 6 nitrogen and oxygen atoms in total. The number of hydrogen-bond acceptors (Lipinski definition) is 5. The summed E-state index contributed by atoms with van der Waals surface area (Å²) in [7, 11) is 1.64. The molecule has 1 rings (SSSR count). The minimum absolute atomic E-state index is 0.0474. The van der Waals surface area contributed by atoms with E-state index < -0.39 is 4.92 Å². The third-order valence-electron chi connectivity index (χ3n) is 2.39. The van der Waals surface area contributed by atoms with Crippen LogP contribution in [0.3, 0.4) is 0 Å². The molecule has 0 radical (unpaired) electrons. The summed E-state index contributed by atoms with van der Waals surface area (Å²) >= 11 is 0. The number of nitrogens with zero attached hydrogens (tertiary/aromatic N) is 1. The Labute approximate surface area is 112 Å². The van der Waals surface area contributed by atoms with Crippen molar-refractivity contribution in [1.82, 2.24) is 0 Å². The number of anilines is 1. The summed E-state index contributed by atoms with van der Waals surface area (Å²) < 4.78 is 10.8. The van der Waals surface area contributed by atoms with Crippen LogP contribution in [0.4, 0.5) is 11.4 Å². The topological polar surface area (TPSA) is 73.6 Å². The largest absolute Gasteiger partial charge is 0.484 e. The van der Waals surface area contributed by atoms with E-state index in [1.165, 1.54) is 0 Å². The van der Waals surface area contributed by atoms with Crippen LogP contribution >= 0.6 is 0 Å². The van der Waals surface area contributed by atoms with Gasteiger partial charge in [-0.05, 0) is 18.1 Å². The quantitative estimate of drug-likeness (QED) is 0.446. The maximum Gasteiger partial charge on any atom is 0.333 e. The molecule has 0 bridgehead atoms. The van der Waals surface area contributed by atoms with Gasteiger partial charge in [0.1, 0.15) is 12.3 Å². The van der Waals surface area contributed by atoms with Gasteiger partial charge in [-0.25, -0.2) is 0 Å². The molecule has 1 aromatic rings. The maximum atomic E-state index is 11.0. The Bertz CT molecular complexity index is 421. The van der Waals surface area contributed by atoms with Crippen molar-refractivity contribution < 1.29 is 14.4 Å². The van der Waals surface area contributed by atoms with E-state index in [9.17, 15) is 10.1 Å². The summed E-state index contributed by atoms with van der Waals surface area (Å²) in [6, 6.07) is 4.94. The van der Waals surface area contributed by atoms with Crippen LogP contribution in [-0.4, -0.2) is 31.8 Å². The number of benzene rings is 1. The van der Waals surface area contributed by atoms with E-state index in [0.717, 1.165) is 0 Å². The fourth-order valence-electron chi connectivity index (χ4n) is 1.56. The lowest BCUT2D eigenvalue weighted by atomic mass is 10.2. The third kappa shape index (κ3) is 4.75. The highest BCUT2D eigenvalue weighted by atomic mass is 16.6. The van der Waals surface area contributed by atoms with Gasteiger partial charge in [0, 0.05) is 13.7 Å². The molecule has 19 heavy (non-hydrogen) atoms. The standard InChI is InChI=1S/C13H20N2O4/c1-10(2)9-18-7-8-19-12-6-4-5-11(14-3)13(12)15(16)17/h4-6,10,14H,7-9H2,1-3H3. The van der Waals surface area contributed by atoms with Crippen LogP contribution in [0.1, 0.15) is 13.8 Å². The summed E-state index contributed by atoms with van der Waals surface area (Å²) in [5, 5.41) is 13.8. The normalized spacial score (nSPS) is 10.5. The van der Waals surface area contributed by atoms with Gasteiger partial charge in [0.15, 0.2) is 5.75 Å². The molecule has 1 N–H and O–H groups in total. The van der Waals surface area contributed by atoms with Crippen molar-refractivity contribution in [3.05, 3.63) is 28.3 Å². The van der Waals surface area contributed by atoms with Crippen molar-refractivity contribution >= 4 is 11.4 Å². The minimum Gasteiger partial charge on any atom is -0.484 e. The molecular weight excluding hydrogens is 248 g/mol. The van der Waals surface area contributed by atoms with Crippen molar-refractivity contribution in [1.29, 1.82) is 0 Å². The molecule has 6 heteroatoms. The number of nitro groups is 1. The smallest absolute Gasteiger partial charge is 0.333 e. The number of nitro benzene ring substituents is 1. The molecule has 0 aliphatic rings. The second-order valence-electron chi connectivity index (χ2n) is 4.48. The molecule has 0 aromatic heterocycles. The summed E-state index contributed by atoms with van der Waals surface area (Å²) in [5.41, 5.74) is 0.388. The molecule has 0 fully saturated rings. The van der Waals surface area contributed by atoms with E-state index in [1.54, 1.807) is 25.2 Å². The van der Waals surface area contributed by atoms with E-state index in [4.69, 9.17) is 9.47 Å². The van der Waals surface area contributed by atoms with Crippen LogP contribution in [0.15, 0.2) is 18.2 Å². The fourth-order valence-corrected chi connectivity index (χ4v) is 1.56. The average Bonchev–Trinajstić information content (AvgIpc) is 2.37. The molecule has 0 spiro atoms. The van der Waals surface area contributed by atoms with Crippen molar-refractivity contribution in [3.63, 3.8) is 0 Å². The first-order valence-electron chi connectivity index (χ1n) is 6.22. The van der Waals surface area contributed by atoms with Crippen LogP contribution in [-0.2, 0) is 4.74 Å². The van der Waals surface area contributed by atoms with Gasteiger partial charge in [0.25, 0.3) is 0 Å². The van der Waals surface area contributed by atoms with Crippen LogP contribution in [0.5, 0.6) is 5.75 Å². The predicted octanol–water partition coefficient (Wildman–Crippen LogP) is 2.69. The van der Waals surface area contributed by atoms with Crippen LogP contribution in [0, 0.1) is 16.0 Å². The van der Waals surface area contributed by atoms with Gasteiger partial charge in [-0.1, -0.05) is 19.9 Å². The number of nitrogens with one attached hydrogen (secondary N) is 1. The van der Waals surface area contributed by atoms with Crippen molar-refractivity contribution in [2.24, 2.45) is 5.92 Å². The van der Waals surface area contributed by atoms with E-state index in [2.05, 4.69) is 19.2 Å². The first-order chi connectivity index (χ1) is 9.06. The lowest BCUT2D eigenvalue weighted by Crippen LogP contribution is -2.11. The Hall–Kier alpha value is -1.82. The molecule has 0 saturated heterocycles. The number of hydrogen-bond donors (Lipinski definition) is 1. The first-order valence-corrected chi connectivity index (χ1v) is 6.22. The van der Waals surface area contributed by atoms with E-state index in [1.807, 2.05) is 0 Å². The van der Waals surface area contributed by atoms with Crippen LogP contribution in [0.25, 0.3) is 0 Å². The zero-order valence-electron chi connectivity index (χ0n) is 11.5. The molecule has 0 unspecified atom stereocenters. The van der Waals surface area contributed by atoms with Gasteiger partial charge in [-0.2, -0.15) is 0 Å². The highest BCUT2D eigenvalue weighted by Gasteiger charge is 2.19. The highest BCUT2D eigenvalue weighted by Crippen LogP contribution is 2.34. The van der Waals surface area contributed by atoms with E-state index in [0.29, 0.717) is 31.4 Å². The predicted molar refractivity (Wildman–Crippen MR) is 73.8 cm³/mol. The molecule has 1 aromatic carbocycles. The third-order valence-corrected chi connectivity index (χ3v) is 2.39. The second kappa shape index (κ2) is 7.58. The molecule has 0 heterocycles. The molecule has 0 saturated carbocycles. The van der Waals surface area contributed by atoms with Gasteiger partial charge in [-0.15, -0.1) is 0 Å².